The van der Waals surface area contributed by atoms with Gasteiger partial charge in [-0.15, -0.1) is 0 Å². The van der Waals surface area contributed by atoms with Gasteiger partial charge < -0.3 is 4.74 Å². The molecule has 2 aromatic heterocycles. The fourth-order valence-corrected chi connectivity index (χ4v) is 2.81. The van der Waals surface area contributed by atoms with Crippen molar-refractivity contribution in [1.29, 1.82) is 0 Å². The molecule has 0 aliphatic carbocycles. The van der Waals surface area contributed by atoms with Crippen LogP contribution in [0.5, 0.6) is 5.75 Å². The second kappa shape index (κ2) is 6.61. The number of H-pyrrole nitrogens is 1. The number of aromatic amines is 1. The van der Waals surface area contributed by atoms with Crippen LogP contribution in [0.25, 0.3) is 34.2 Å². The van der Waals surface area contributed by atoms with E-state index in [4.69, 9.17) is 4.74 Å². The second-order valence-electron chi connectivity index (χ2n) is 5.72. The van der Waals surface area contributed by atoms with Crippen molar-refractivity contribution >= 4 is 23.1 Å². The third kappa shape index (κ3) is 3.15. The van der Waals surface area contributed by atoms with E-state index in [0.29, 0.717) is 0 Å². The van der Waals surface area contributed by atoms with Gasteiger partial charge in [0, 0.05) is 17.8 Å². The van der Waals surface area contributed by atoms with E-state index >= 15 is 0 Å². The van der Waals surface area contributed by atoms with Crippen LogP contribution in [-0.2, 0) is 0 Å². The summed E-state index contributed by atoms with van der Waals surface area (Å²) < 4.78 is 5.26. The Hall–Kier alpha value is -3.40. The van der Waals surface area contributed by atoms with E-state index < -0.39 is 0 Å². The topological polar surface area (TPSA) is 50.8 Å². The van der Waals surface area contributed by atoms with Gasteiger partial charge in [0.1, 0.15) is 5.75 Å². The number of hydrogen-bond donors (Lipinski definition) is 1. The van der Waals surface area contributed by atoms with Gasteiger partial charge in [0.05, 0.1) is 18.3 Å². The van der Waals surface area contributed by atoms with Crippen molar-refractivity contribution in [2.45, 2.75) is 0 Å². The number of pyridine rings is 1. The summed E-state index contributed by atoms with van der Waals surface area (Å²) in [6.45, 7) is 0. The normalized spacial score (nSPS) is 11.2. The number of ether oxygens (including phenoxy) is 1. The van der Waals surface area contributed by atoms with Gasteiger partial charge in [-0.1, -0.05) is 24.3 Å². The zero-order chi connectivity index (χ0) is 17.1. The first kappa shape index (κ1) is 15.1. The Morgan fingerprint density at radius 2 is 1.80 bits per heavy atom. The van der Waals surface area contributed by atoms with Crippen LogP contribution >= 0.6 is 0 Å². The van der Waals surface area contributed by atoms with Gasteiger partial charge >= 0.3 is 0 Å². The summed E-state index contributed by atoms with van der Waals surface area (Å²) in [7, 11) is 1.67. The lowest BCUT2D eigenvalue weighted by atomic mass is 10.0. The highest BCUT2D eigenvalue weighted by Crippen LogP contribution is 2.25. The molecule has 2 aromatic carbocycles. The van der Waals surface area contributed by atoms with Crippen LogP contribution in [0, 0.1) is 0 Å². The minimum atomic E-state index is 0.844. The number of nitrogens with one attached hydrogen (secondary N) is 1. The van der Waals surface area contributed by atoms with E-state index in [-0.39, 0.29) is 0 Å². The van der Waals surface area contributed by atoms with Crippen LogP contribution in [0.3, 0.4) is 0 Å². The third-order valence-corrected chi connectivity index (χ3v) is 4.13. The highest BCUT2D eigenvalue weighted by molar-refractivity contribution is 5.92. The van der Waals surface area contributed by atoms with Gasteiger partial charge in [0.25, 0.3) is 0 Å². The molecule has 0 bridgehead atoms. The number of aromatic nitrogens is 3. The van der Waals surface area contributed by atoms with Gasteiger partial charge in [-0.3, -0.25) is 10.1 Å². The number of benzene rings is 2. The smallest absolute Gasteiger partial charge is 0.119 e. The summed E-state index contributed by atoms with van der Waals surface area (Å²) in [5.74, 6) is 0.844. The highest BCUT2D eigenvalue weighted by Gasteiger charge is 2.05. The second-order valence-corrected chi connectivity index (χ2v) is 5.72. The Morgan fingerprint density at radius 1 is 0.920 bits per heavy atom. The quantitative estimate of drug-likeness (QED) is 0.585. The summed E-state index contributed by atoms with van der Waals surface area (Å²) in [5.41, 5.74) is 5.28. The van der Waals surface area contributed by atoms with Gasteiger partial charge in [-0.25, -0.2) is 0 Å². The Kier molecular flexibility index (Phi) is 4.01. The molecule has 2 heterocycles. The Bertz CT molecular complexity index is 1040. The van der Waals surface area contributed by atoms with Crippen LogP contribution in [0.1, 0.15) is 11.3 Å². The summed E-state index contributed by atoms with van der Waals surface area (Å²) in [6, 6.07) is 18.3. The molecule has 0 saturated heterocycles. The summed E-state index contributed by atoms with van der Waals surface area (Å²) in [6.07, 6.45) is 7.65. The molecule has 122 valence electrons. The lowest BCUT2D eigenvalue weighted by Gasteiger charge is -2.01. The Morgan fingerprint density at radius 3 is 2.64 bits per heavy atom. The number of methoxy groups -OCH3 is 1. The summed E-state index contributed by atoms with van der Waals surface area (Å²) >= 11 is 0. The third-order valence-electron chi connectivity index (χ3n) is 4.13. The molecular weight excluding hydrogens is 310 g/mol. The van der Waals surface area contributed by atoms with E-state index in [1.807, 2.05) is 48.6 Å². The molecule has 4 nitrogen and oxygen atoms in total. The van der Waals surface area contributed by atoms with Crippen LogP contribution in [0.4, 0.5) is 0 Å². The molecule has 25 heavy (non-hydrogen) atoms. The number of rotatable bonds is 4. The minimum absolute atomic E-state index is 0.844. The predicted molar refractivity (Wildman–Crippen MR) is 101 cm³/mol. The maximum atomic E-state index is 5.26. The van der Waals surface area contributed by atoms with E-state index in [0.717, 1.165) is 39.0 Å². The molecule has 0 fully saturated rings. The van der Waals surface area contributed by atoms with E-state index in [1.165, 1.54) is 0 Å². The molecular formula is C21H17N3O. The van der Waals surface area contributed by atoms with Crippen molar-refractivity contribution in [3.8, 4) is 16.9 Å². The van der Waals surface area contributed by atoms with Gasteiger partial charge in [-0.05, 0) is 59.2 Å². The van der Waals surface area contributed by atoms with Crippen LogP contribution < -0.4 is 4.74 Å². The van der Waals surface area contributed by atoms with E-state index in [2.05, 4.69) is 33.4 Å². The van der Waals surface area contributed by atoms with Gasteiger partial charge in [0.2, 0.25) is 0 Å². The van der Waals surface area contributed by atoms with Crippen molar-refractivity contribution in [1.82, 2.24) is 15.2 Å². The number of fused-ring (bicyclic) bond motifs is 1. The first-order valence-corrected chi connectivity index (χ1v) is 8.04. The first-order chi connectivity index (χ1) is 12.3. The van der Waals surface area contributed by atoms with Crippen molar-refractivity contribution in [3.63, 3.8) is 0 Å². The fourth-order valence-electron chi connectivity index (χ4n) is 2.81. The van der Waals surface area contributed by atoms with E-state index in [1.54, 1.807) is 19.5 Å². The average molecular weight is 327 g/mol. The molecule has 0 saturated carbocycles. The zero-order valence-electron chi connectivity index (χ0n) is 13.8. The summed E-state index contributed by atoms with van der Waals surface area (Å²) in [4.78, 5) is 4.06. The number of hydrogen-bond acceptors (Lipinski definition) is 3. The van der Waals surface area contributed by atoms with Crippen LogP contribution in [0.2, 0.25) is 0 Å². The maximum Gasteiger partial charge on any atom is 0.119 e. The largest absolute Gasteiger partial charge is 0.497 e. The molecule has 4 aromatic rings. The number of nitrogens with zero attached hydrogens (tertiary/aromatic N) is 2. The molecule has 0 amide bonds. The SMILES string of the molecule is COc1cccc(C=Cc2n[nH]c3cc(-c4ccncc4)ccc23)c1. The van der Waals surface area contributed by atoms with Crippen molar-refractivity contribution in [3.05, 3.63) is 78.2 Å². The molecule has 0 aliphatic rings. The highest BCUT2D eigenvalue weighted by atomic mass is 16.5. The van der Waals surface area contributed by atoms with Crippen LogP contribution in [0.15, 0.2) is 67.0 Å². The molecule has 0 radical (unpaired) electrons. The first-order valence-electron chi connectivity index (χ1n) is 8.04. The van der Waals surface area contributed by atoms with E-state index in [9.17, 15) is 0 Å². The molecule has 0 aliphatic heterocycles. The summed E-state index contributed by atoms with van der Waals surface area (Å²) in [5, 5.41) is 8.64. The Balaban J connectivity index is 1.66. The molecule has 1 N–H and O–H groups in total. The van der Waals surface area contributed by atoms with Crippen molar-refractivity contribution < 1.29 is 4.74 Å². The lowest BCUT2D eigenvalue weighted by molar-refractivity contribution is 0.414. The molecule has 0 unspecified atom stereocenters. The lowest BCUT2D eigenvalue weighted by Crippen LogP contribution is -1.82. The fraction of sp³-hybridized carbons (Fsp3) is 0.0476. The zero-order valence-corrected chi connectivity index (χ0v) is 13.8. The minimum Gasteiger partial charge on any atom is -0.497 e. The van der Waals surface area contributed by atoms with Crippen molar-refractivity contribution in [2.24, 2.45) is 0 Å². The van der Waals surface area contributed by atoms with Gasteiger partial charge in [0.15, 0.2) is 0 Å². The monoisotopic (exact) mass is 327 g/mol. The molecule has 4 heteroatoms. The molecule has 4 rings (SSSR count). The Labute approximate surface area is 145 Å². The van der Waals surface area contributed by atoms with Crippen LogP contribution in [-0.4, -0.2) is 22.3 Å². The maximum absolute atomic E-state index is 5.26. The predicted octanol–water partition coefficient (Wildman–Crippen LogP) is 4.80. The molecule has 0 atom stereocenters. The standard InChI is InChI=1S/C21H17N3O/c1-25-18-4-2-3-15(13-18)5-8-20-19-7-6-17(14-21(19)24-23-20)16-9-11-22-12-10-16/h2-14H,1H3,(H,23,24). The van der Waals surface area contributed by atoms with Gasteiger partial charge in [-0.2, -0.15) is 5.10 Å². The average Bonchev–Trinajstić information content (AvgIpc) is 3.09. The van der Waals surface area contributed by atoms with Crippen molar-refractivity contribution in [2.75, 3.05) is 7.11 Å². The molecule has 0 spiro atoms.